The first kappa shape index (κ1) is 28.4. The minimum atomic E-state index is 0.850. The van der Waals surface area contributed by atoms with Crippen LogP contribution < -0.4 is 9.64 Å². The second-order valence-electron chi connectivity index (χ2n) is 12.8. The highest BCUT2D eigenvalue weighted by Gasteiger charge is 2.26. The minimum Gasteiger partial charge on any atom is -0.453 e. The first-order chi connectivity index (χ1) is 24.8. The molecule has 0 atom stereocenters. The maximum Gasteiger partial charge on any atom is 0.151 e. The van der Waals surface area contributed by atoms with E-state index < -0.39 is 0 Å². The summed E-state index contributed by atoms with van der Waals surface area (Å²) >= 11 is 0. The summed E-state index contributed by atoms with van der Waals surface area (Å²) in [6.07, 6.45) is 0. The van der Waals surface area contributed by atoms with E-state index in [4.69, 9.17) is 4.74 Å². The van der Waals surface area contributed by atoms with Gasteiger partial charge in [-0.25, -0.2) is 0 Å². The number of benzene rings is 9. The lowest BCUT2D eigenvalue weighted by Crippen LogP contribution is -2.15. The molecule has 10 rings (SSSR count). The van der Waals surface area contributed by atoms with Gasteiger partial charge in [0.05, 0.1) is 11.4 Å². The SMILES string of the molecule is c1ccc(-c2cc(-c3ccccc3)c3c4ccccc4c4ccccc4c3c2-c2ccc(N3c4ccccc4Oc4ccccc43)cc2)cc1. The highest BCUT2D eigenvalue weighted by atomic mass is 16.5. The van der Waals surface area contributed by atoms with Crippen LogP contribution in [0.5, 0.6) is 11.5 Å². The summed E-state index contributed by atoms with van der Waals surface area (Å²) in [5, 5.41) is 7.60. The lowest BCUT2D eigenvalue weighted by molar-refractivity contribution is 0.477. The fourth-order valence-corrected chi connectivity index (χ4v) is 7.85. The first-order valence-electron chi connectivity index (χ1n) is 17.1. The minimum absolute atomic E-state index is 0.850. The third-order valence-corrected chi connectivity index (χ3v) is 10.0. The molecule has 1 heterocycles. The molecule has 2 nitrogen and oxygen atoms in total. The van der Waals surface area contributed by atoms with Crippen LogP contribution in [-0.2, 0) is 0 Å². The monoisotopic (exact) mass is 637 g/mol. The Bertz CT molecular complexity index is 2670. The number of fused-ring (bicyclic) bond motifs is 8. The van der Waals surface area contributed by atoms with E-state index in [2.05, 4.69) is 169 Å². The molecule has 0 spiro atoms. The predicted octanol–water partition coefficient (Wildman–Crippen LogP) is 13.7. The lowest BCUT2D eigenvalue weighted by Gasteiger charge is -2.32. The van der Waals surface area contributed by atoms with Gasteiger partial charge in [0.1, 0.15) is 0 Å². The van der Waals surface area contributed by atoms with E-state index >= 15 is 0 Å². The third kappa shape index (κ3) is 4.43. The Kier molecular flexibility index (Phi) is 6.53. The van der Waals surface area contributed by atoms with Crippen LogP contribution >= 0.6 is 0 Å². The van der Waals surface area contributed by atoms with Crippen molar-refractivity contribution < 1.29 is 4.74 Å². The average Bonchev–Trinajstić information content (AvgIpc) is 3.20. The molecule has 0 amide bonds. The van der Waals surface area contributed by atoms with Gasteiger partial charge in [0, 0.05) is 5.69 Å². The normalized spacial score (nSPS) is 12.1. The van der Waals surface area contributed by atoms with Crippen molar-refractivity contribution in [2.45, 2.75) is 0 Å². The molecule has 0 aromatic heterocycles. The average molecular weight is 638 g/mol. The highest BCUT2D eigenvalue weighted by molar-refractivity contribution is 6.33. The molecule has 0 saturated heterocycles. The van der Waals surface area contributed by atoms with Crippen molar-refractivity contribution in [3.63, 3.8) is 0 Å². The van der Waals surface area contributed by atoms with Crippen molar-refractivity contribution in [3.8, 4) is 44.9 Å². The van der Waals surface area contributed by atoms with E-state index in [0.29, 0.717) is 0 Å². The molecule has 1 aliphatic heterocycles. The summed E-state index contributed by atoms with van der Waals surface area (Å²) in [4.78, 5) is 2.30. The Morgan fingerprint density at radius 2 is 0.800 bits per heavy atom. The molecule has 1 aliphatic rings. The second kappa shape index (κ2) is 11.5. The van der Waals surface area contributed by atoms with Gasteiger partial charge in [-0.2, -0.15) is 0 Å². The Hall–Kier alpha value is -6.64. The number of para-hydroxylation sites is 4. The maximum absolute atomic E-state index is 6.32. The van der Waals surface area contributed by atoms with Gasteiger partial charge in [-0.1, -0.05) is 146 Å². The van der Waals surface area contributed by atoms with E-state index in [1.54, 1.807) is 0 Å². The molecule has 0 saturated carbocycles. The molecule has 2 heteroatoms. The van der Waals surface area contributed by atoms with Crippen molar-refractivity contribution >= 4 is 49.4 Å². The number of hydrogen-bond donors (Lipinski definition) is 0. The summed E-state index contributed by atoms with van der Waals surface area (Å²) in [6.45, 7) is 0. The van der Waals surface area contributed by atoms with Crippen molar-refractivity contribution in [2.75, 3.05) is 4.90 Å². The highest BCUT2D eigenvalue weighted by Crippen LogP contribution is 2.52. The van der Waals surface area contributed by atoms with Crippen molar-refractivity contribution in [2.24, 2.45) is 0 Å². The Labute approximate surface area is 291 Å². The van der Waals surface area contributed by atoms with Crippen LogP contribution in [0.25, 0.3) is 65.7 Å². The third-order valence-electron chi connectivity index (χ3n) is 10.0. The standard InChI is InChI=1S/C48H31NO/c1-3-15-32(16-4-1)40-31-41(33-17-5-2-6-18-33)47-38-21-9-7-19-36(38)37-20-8-10-22-39(37)48(47)46(40)34-27-29-35(30-28-34)49-42-23-11-13-25-44(42)50-45-26-14-12-24-43(45)49/h1-31H. The van der Waals surface area contributed by atoms with Crippen LogP contribution in [0.4, 0.5) is 17.1 Å². The van der Waals surface area contributed by atoms with Gasteiger partial charge in [-0.3, -0.25) is 0 Å². The molecule has 234 valence electrons. The molecule has 0 N–H and O–H groups in total. The topological polar surface area (TPSA) is 12.5 Å². The lowest BCUT2D eigenvalue weighted by atomic mass is 9.81. The van der Waals surface area contributed by atoms with E-state index in [-0.39, 0.29) is 0 Å². The Balaban J connectivity index is 1.30. The largest absolute Gasteiger partial charge is 0.453 e. The smallest absolute Gasteiger partial charge is 0.151 e. The van der Waals surface area contributed by atoms with Gasteiger partial charge in [0.2, 0.25) is 0 Å². The number of ether oxygens (including phenoxy) is 1. The number of nitrogens with zero attached hydrogens (tertiary/aromatic N) is 1. The van der Waals surface area contributed by atoms with E-state index in [1.807, 2.05) is 24.3 Å². The molecule has 0 bridgehead atoms. The second-order valence-corrected chi connectivity index (χ2v) is 12.8. The Morgan fingerprint density at radius 3 is 1.38 bits per heavy atom. The maximum atomic E-state index is 6.32. The summed E-state index contributed by atoms with van der Waals surface area (Å²) in [6, 6.07) is 67.5. The fraction of sp³-hybridized carbons (Fsp3) is 0. The van der Waals surface area contributed by atoms with Gasteiger partial charge in [0.15, 0.2) is 11.5 Å². The van der Waals surface area contributed by atoms with Crippen LogP contribution in [0.1, 0.15) is 0 Å². The molecular formula is C48H31NO. The van der Waals surface area contributed by atoms with Crippen LogP contribution in [0.15, 0.2) is 188 Å². The van der Waals surface area contributed by atoms with Gasteiger partial charge in [0.25, 0.3) is 0 Å². The zero-order valence-electron chi connectivity index (χ0n) is 27.3. The van der Waals surface area contributed by atoms with Crippen LogP contribution in [0.2, 0.25) is 0 Å². The van der Waals surface area contributed by atoms with Gasteiger partial charge in [-0.15, -0.1) is 0 Å². The molecule has 9 aromatic rings. The number of anilines is 3. The summed E-state index contributed by atoms with van der Waals surface area (Å²) in [5.74, 6) is 1.70. The van der Waals surface area contributed by atoms with Crippen molar-refractivity contribution in [1.29, 1.82) is 0 Å². The molecule has 0 fully saturated rings. The first-order valence-corrected chi connectivity index (χ1v) is 17.1. The van der Waals surface area contributed by atoms with Crippen LogP contribution in [0.3, 0.4) is 0 Å². The quantitative estimate of drug-likeness (QED) is 0.178. The van der Waals surface area contributed by atoms with Crippen LogP contribution in [0, 0.1) is 0 Å². The van der Waals surface area contributed by atoms with E-state index in [9.17, 15) is 0 Å². The predicted molar refractivity (Wildman–Crippen MR) is 210 cm³/mol. The number of rotatable bonds is 4. The van der Waals surface area contributed by atoms with Gasteiger partial charge < -0.3 is 9.64 Å². The van der Waals surface area contributed by atoms with Crippen molar-refractivity contribution in [3.05, 3.63) is 188 Å². The van der Waals surface area contributed by atoms with Gasteiger partial charge >= 0.3 is 0 Å². The summed E-state index contributed by atoms with van der Waals surface area (Å²) < 4.78 is 6.32. The summed E-state index contributed by atoms with van der Waals surface area (Å²) in [7, 11) is 0. The molecule has 0 unspecified atom stereocenters. The van der Waals surface area contributed by atoms with Crippen molar-refractivity contribution in [1.82, 2.24) is 0 Å². The van der Waals surface area contributed by atoms with Crippen LogP contribution in [-0.4, -0.2) is 0 Å². The van der Waals surface area contributed by atoms with E-state index in [0.717, 1.165) is 28.6 Å². The van der Waals surface area contributed by atoms with Gasteiger partial charge in [-0.05, 0) is 108 Å². The fourth-order valence-electron chi connectivity index (χ4n) is 7.85. The van der Waals surface area contributed by atoms with E-state index in [1.165, 1.54) is 65.7 Å². The Morgan fingerprint density at radius 1 is 0.340 bits per heavy atom. The molecule has 50 heavy (non-hydrogen) atoms. The molecular weight excluding hydrogens is 607 g/mol. The zero-order valence-corrected chi connectivity index (χ0v) is 27.3. The number of hydrogen-bond acceptors (Lipinski definition) is 2. The summed E-state index contributed by atoms with van der Waals surface area (Å²) in [5.41, 5.74) is 10.4. The molecule has 9 aromatic carbocycles. The zero-order chi connectivity index (χ0) is 33.0. The molecule has 0 radical (unpaired) electrons. The molecule has 0 aliphatic carbocycles.